The number of carboxylic acids is 1. The summed E-state index contributed by atoms with van der Waals surface area (Å²) in [5, 5.41) is 13.1. The lowest BCUT2D eigenvalue weighted by Gasteiger charge is -2.08. The van der Waals surface area contributed by atoms with Gasteiger partial charge in [0.15, 0.2) is 0 Å². The number of para-hydroxylation sites is 1. The minimum Gasteiger partial charge on any atom is -0.550 e. The van der Waals surface area contributed by atoms with Gasteiger partial charge in [0.05, 0.1) is 5.92 Å². The van der Waals surface area contributed by atoms with Crippen LogP contribution < -0.4 is 10.4 Å². The zero-order valence-corrected chi connectivity index (χ0v) is 8.73. The second kappa shape index (κ2) is 4.35. The van der Waals surface area contributed by atoms with Gasteiger partial charge in [-0.1, -0.05) is 18.2 Å². The van der Waals surface area contributed by atoms with Crippen LogP contribution in [-0.2, 0) is 9.59 Å². The number of carbonyl (C=O) groups is 2. The number of rotatable bonds is 4. The molecule has 0 saturated heterocycles. The highest BCUT2D eigenvalue weighted by molar-refractivity contribution is 6.02. The topological polar surface area (TPSA) is 69.2 Å². The summed E-state index contributed by atoms with van der Waals surface area (Å²) in [6.45, 7) is 0. The first kappa shape index (κ1) is 10.7. The molecule has 84 valence electrons. The van der Waals surface area contributed by atoms with Crippen molar-refractivity contribution in [1.29, 1.82) is 0 Å². The highest BCUT2D eigenvalue weighted by atomic mass is 16.4. The molecule has 0 radical (unpaired) electrons. The van der Waals surface area contributed by atoms with E-state index in [2.05, 4.69) is 5.32 Å². The van der Waals surface area contributed by atoms with Crippen LogP contribution in [0.3, 0.4) is 0 Å². The first-order valence-corrected chi connectivity index (χ1v) is 5.28. The van der Waals surface area contributed by atoms with E-state index >= 15 is 0 Å². The van der Waals surface area contributed by atoms with Gasteiger partial charge in [-0.05, 0) is 30.9 Å². The molecule has 0 aromatic heterocycles. The fraction of sp³-hybridized carbons (Fsp3) is 0.333. The third kappa shape index (κ3) is 2.05. The Morgan fingerprint density at radius 2 is 2.12 bits per heavy atom. The first-order chi connectivity index (χ1) is 7.68. The quantitative estimate of drug-likeness (QED) is 0.806. The lowest BCUT2D eigenvalue weighted by molar-refractivity contribution is -0.305. The Labute approximate surface area is 93.3 Å². The van der Waals surface area contributed by atoms with E-state index < -0.39 is 5.97 Å². The predicted octanol–water partition coefficient (Wildman–Crippen LogP) is 0.642. The Morgan fingerprint density at radius 3 is 2.88 bits per heavy atom. The summed E-state index contributed by atoms with van der Waals surface area (Å²) in [6.07, 6.45) is 1.03. The molecule has 1 aliphatic heterocycles. The maximum absolute atomic E-state index is 11.6. The average Bonchev–Trinajstić information content (AvgIpc) is 2.55. The normalized spacial score (nSPS) is 18.0. The third-order valence-corrected chi connectivity index (χ3v) is 2.78. The van der Waals surface area contributed by atoms with Crippen molar-refractivity contribution in [2.24, 2.45) is 0 Å². The number of hydrogen-bond donors (Lipinski definition) is 1. The van der Waals surface area contributed by atoms with Gasteiger partial charge in [0.1, 0.15) is 0 Å². The Bertz CT molecular complexity index is 428. The molecule has 4 nitrogen and oxygen atoms in total. The lowest BCUT2D eigenvalue weighted by atomic mass is 9.95. The van der Waals surface area contributed by atoms with Crippen molar-refractivity contribution in [3.05, 3.63) is 29.8 Å². The fourth-order valence-electron chi connectivity index (χ4n) is 2.01. The van der Waals surface area contributed by atoms with Gasteiger partial charge in [-0.25, -0.2) is 0 Å². The van der Waals surface area contributed by atoms with E-state index in [4.69, 9.17) is 0 Å². The van der Waals surface area contributed by atoms with Gasteiger partial charge in [-0.2, -0.15) is 0 Å². The monoisotopic (exact) mass is 218 g/mol. The average molecular weight is 218 g/mol. The van der Waals surface area contributed by atoms with Gasteiger partial charge in [-0.15, -0.1) is 0 Å². The smallest absolute Gasteiger partial charge is 0.232 e. The largest absolute Gasteiger partial charge is 0.550 e. The molecule has 1 aromatic rings. The number of nitrogens with one attached hydrogen (secondary N) is 1. The summed E-state index contributed by atoms with van der Waals surface area (Å²) in [5.74, 6) is -1.32. The molecule has 0 spiro atoms. The number of aliphatic carboxylic acids is 1. The second-order valence-electron chi connectivity index (χ2n) is 3.89. The van der Waals surface area contributed by atoms with Crippen LogP contribution in [0.15, 0.2) is 24.3 Å². The summed E-state index contributed by atoms with van der Waals surface area (Å²) < 4.78 is 0. The summed E-state index contributed by atoms with van der Waals surface area (Å²) in [5.41, 5.74) is 1.80. The number of carbonyl (C=O) groups excluding carboxylic acids is 2. The van der Waals surface area contributed by atoms with Gasteiger partial charge in [0, 0.05) is 11.7 Å². The standard InChI is InChI=1S/C12H13NO3/c14-11(15)7-3-5-9-8-4-1-2-6-10(8)13-12(9)16/h1-2,4,6,9H,3,5,7H2,(H,13,16)(H,14,15)/p-1/t9-/m0/s1. The summed E-state index contributed by atoms with van der Waals surface area (Å²) >= 11 is 0. The molecule has 0 fully saturated rings. The molecule has 4 heteroatoms. The van der Waals surface area contributed by atoms with Crippen molar-refractivity contribution in [2.45, 2.75) is 25.2 Å². The Kier molecular flexibility index (Phi) is 2.90. The summed E-state index contributed by atoms with van der Waals surface area (Å²) in [7, 11) is 0. The molecule has 1 heterocycles. The molecule has 1 aromatic carbocycles. The molecular formula is C12H12NO3-. The van der Waals surface area contributed by atoms with E-state index in [1.165, 1.54) is 0 Å². The highest BCUT2D eigenvalue weighted by Crippen LogP contribution is 2.35. The molecule has 2 rings (SSSR count). The third-order valence-electron chi connectivity index (χ3n) is 2.78. The summed E-state index contributed by atoms with van der Waals surface area (Å²) in [6, 6.07) is 7.50. The van der Waals surface area contributed by atoms with E-state index in [1.807, 2.05) is 24.3 Å². The molecule has 0 bridgehead atoms. The van der Waals surface area contributed by atoms with E-state index in [-0.39, 0.29) is 18.2 Å². The van der Waals surface area contributed by atoms with Crippen molar-refractivity contribution in [3.63, 3.8) is 0 Å². The summed E-state index contributed by atoms with van der Waals surface area (Å²) in [4.78, 5) is 21.9. The minimum atomic E-state index is -1.06. The minimum absolute atomic E-state index is 0.00590. The van der Waals surface area contributed by atoms with Gasteiger partial charge in [-0.3, -0.25) is 4.79 Å². The van der Waals surface area contributed by atoms with Crippen molar-refractivity contribution in [2.75, 3.05) is 5.32 Å². The van der Waals surface area contributed by atoms with Crippen LogP contribution in [0.5, 0.6) is 0 Å². The van der Waals surface area contributed by atoms with Crippen molar-refractivity contribution in [1.82, 2.24) is 0 Å². The van der Waals surface area contributed by atoms with Crippen molar-refractivity contribution < 1.29 is 14.7 Å². The maximum atomic E-state index is 11.6. The van der Waals surface area contributed by atoms with Crippen LogP contribution in [0.25, 0.3) is 0 Å². The molecule has 0 aliphatic carbocycles. The molecule has 0 saturated carbocycles. The molecule has 1 N–H and O–H groups in total. The molecule has 1 amide bonds. The van der Waals surface area contributed by atoms with E-state index in [1.54, 1.807) is 0 Å². The van der Waals surface area contributed by atoms with Crippen LogP contribution in [0.4, 0.5) is 5.69 Å². The van der Waals surface area contributed by atoms with Crippen molar-refractivity contribution in [3.8, 4) is 0 Å². The molecule has 16 heavy (non-hydrogen) atoms. The number of hydrogen-bond acceptors (Lipinski definition) is 3. The van der Waals surface area contributed by atoms with Crippen LogP contribution in [-0.4, -0.2) is 11.9 Å². The zero-order valence-electron chi connectivity index (χ0n) is 8.73. The molecule has 1 aliphatic rings. The fourth-order valence-corrected chi connectivity index (χ4v) is 2.01. The highest BCUT2D eigenvalue weighted by Gasteiger charge is 2.29. The van der Waals surface area contributed by atoms with E-state index in [9.17, 15) is 14.7 Å². The lowest BCUT2D eigenvalue weighted by Crippen LogP contribution is -2.22. The zero-order chi connectivity index (χ0) is 11.5. The van der Waals surface area contributed by atoms with Crippen LogP contribution >= 0.6 is 0 Å². The van der Waals surface area contributed by atoms with Crippen LogP contribution in [0.2, 0.25) is 0 Å². The Balaban J connectivity index is 2.05. The van der Waals surface area contributed by atoms with Crippen LogP contribution in [0, 0.1) is 0 Å². The maximum Gasteiger partial charge on any atom is 0.232 e. The van der Waals surface area contributed by atoms with Gasteiger partial charge in [0.2, 0.25) is 5.91 Å². The molecular weight excluding hydrogens is 206 g/mol. The number of anilines is 1. The van der Waals surface area contributed by atoms with Gasteiger partial charge in [0.25, 0.3) is 0 Å². The number of carboxylic acid groups (broad SMARTS) is 1. The van der Waals surface area contributed by atoms with Crippen LogP contribution in [0.1, 0.15) is 30.7 Å². The second-order valence-corrected chi connectivity index (χ2v) is 3.89. The van der Waals surface area contributed by atoms with Crippen molar-refractivity contribution >= 4 is 17.6 Å². The molecule has 1 atom stereocenters. The number of fused-ring (bicyclic) bond motifs is 1. The van der Waals surface area contributed by atoms with Gasteiger partial charge < -0.3 is 15.2 Å². The van der Waals surface area contributed by atoms with E-state index in [0.717, 1.165) is 11.3 Å². The predicted molar refractivity (Wildman–Crippen MR) is 56.7 cm³/mol. The SMILES string of the molecule is O=C([O-])CCC[C@@H]1C(=O)Nc2ccccc21. The van der Waals surface area contributed by atoms with E-state index in [0.29, 0.717) is 12.8 Å². The first-order valence-electron chi connectivity index (χ1n) is 5.28. The number of amides is 1. The Hall–Kier alpha value is -1.84. The number of benzene rings is 1. The van der Waals surface area contributed by atoms with Gasteiger partial charge >= 0.3 is 0 Å². The molecule has 0 unspecified atom stereocenters. The Morgan fingerprint density at radius 1 is 1.38 bits per heavy atom.